The van der Waals surface area contributed by atoms with Crippen LogP contribution in [-0.2, 0) is 9.47 Å². The second-order valence-corrected chi connectivity index (χ2v) is 8.06. The molecule has 32 heavy (non-hydrogen) atoms. The van der Waals surface area contributed by atoms with E-state index in [1.54, 1.807) is 60.7 Å². The van der Waals surface area contributed by atoms with Gasteiger partial charge in [-0.05, 0) is 48.5 Å². The average molecular weight is 564 g/mol. The molecule has 0 bridgehead atoms. The number of carbonyl (C=O) groups excluding carboxylic acids is 3. The number of nitrogen functional groups attached to an aromatic ring is 1. The predicted molar refractivity (Wildman–Crippen MR) is 130 cm³/mol. The number of esters is 2. The van der Waals surface area contributed by atoms with Crippen LogP contribution in [-0.4, -0.2) is 32.1 Å². The highest BCUT2D eigenvalue weighted by Gasteiger charge is 2.15. The van der Waals surface area contributed by atoms with Gasteiger partial charge in [0.2, 0.25) is 0 Å². The molecular formula is C23H20Br2N2O5. The van der Waals surface area contributed by atoms with Crippen LogP contribution in [0.1, 0.15) is 31.1 Å². The predicted octanol–water partition coefficient (Wildman–Crippen LogP) is 5.31. The van der Waals surface area contributed by atoms with E-state index in [-0.39, 0.29) is 5.91 Å². The van der Waals surface area contributed by atoms with Crippen LogP contribution in [0.3, 0.4) is 0 Å². The van der Waals surface area contributed by atoms with Crippen LogP contribution in [0.15, 0.2) is 75.7 Å². The monoisotopic (exact) mass is 562 g/mol. The zero-order chi connectivity index (χ0) is 23.7. The summed E-state index contributed by atoms with van der Waals surface area (Å²) in [5.41, 5.74) is 7.60. The van der Waals surface area contributed by atoms with Gasteiger partial charge in [0.05, 0.1) is 31.0 Å². The second kappa shape index (κ2) is 12.0. The Kier molecular flexibility index (Phi) is 9.42. The van der Waals surface area contributed by atoms with Gasteiger partial charge >= 0.3 is 11.9 Å². The van der Waals surface area contributed by atoms with Gasteiger partial charge in [0.25, 0.3) is 5.91 Å². The molecule has 3 aromatic carbocycles. The van der Waals surface area contributed by atoms with Crippen LogP contribution in [0.5, 0.6) is 0 Å². The molecule has 7 nitrogen and oxygen atoms in total. The molecule has 0 unspecified atom stereocenters. The minimum absolute atomic E-state index is 0.283. The molecule has 1 amide bonds. The smallest absolute Gasteiger partial charge is 0.339 e. The van der Waals surface area contributed by atoms with Crippen molar-refractivity contribution in [3.05, 3.63) is 92.4 Å². The topological polar surface area (TPSA) is 108 Å². The quantitative estimate of drug-likeness (QED) is 0.329. The molecule has 3 aromatic rings. The number of hydrogen-bond donors (Lipinski definition) is 2. The van der Waals surface area contributed by atoms with Crippen LogP contribution < -0.4 is 11.1 Å². The van der Waals surface area contributed by atoms with E-state index in [9.17, 15) is 14.4 Å². The third-order valence-corrected chi connectivity index (χ3v) is 5.08. The van der Waals surface area contributed by atoms with Crippen molar-refractivity contribution in [2.24, 2.45) is 0 Å². The molecular weight excluding hydrogens is 544 g/mol. The summed E-state index contributed by atoms with van der Waals surface area (Å²) in [4.78, 5) is 34.8. The number of benzene rings is 3. The summed E-state index contributed by atoms with van der Waals surface area (Å²) in [7, 11) is 2.62. The van der Waals surface area contributed by atoms with E-state index in [2.05, 4.69) is 41.9 Å². The Hall–Kier alpha value is -3.17. The van der Waals surface area contributed by atoms with Crippen molar-refractivity contribution in [2.45, 2.75) is 0 Å². The van der Waals surface area contributed by atoms with Crippen molar-refractivity contribution < 1.29 is 23.9 Å². The number of ether oxygens (including phenoxy) is 2. The number of carbonyl (C=O) groups is 3. The van der Waals surface area contributed by atoms with Gasteiger partial charge in [-0.3, -0.25) is 4.79 Å². The Labute approximate surface area is 202 Å². The fourth-order valence-electron chi connectivity index (χ4n) is 2.52. The number of hydrogen-bond acceptors (Lipinski definition) is 6. The number of nitrogens with two attached hydrogens (primary N) is 1. The minimum atomic E-state index is -0.499. The molecule has 0 heterocycles. The lowest BCUT2D eigenvalue weighted by molar-refractivity contribution is 0.0593. The van der Waals surface area contributed by atoms with Crippen molar-refractivity contribution in [3.8, 4) is 0 Å². The van der Waals surface area contributed by atoms with E-state index in [0.29, 0.717) is 28.1 Å². The largest absolute Gasteiger partial charge is 0.465 e. The molecule has 0 radical (unpaired) electrons. The Morgan fingerprint density at radius 2 is 1.31 bits per heavy atom. The van der Waals surface area contributed by atoms with Crippen LogP contribution in [0, 0.1) is 0 Å². The fourth-order valence-corrected chi connectivity index (χ4v) is 3.26. The fraction of sp³-hybridized carbons (Fsp3) is 0.0870. The molecule has 166 valence electrons. The van der Waals surface area contributed by atoms with Gasteiger partial charge in [-0.2, -0.15) is 0 Å². The summed E-state index contributed by atoms with van der Waals surface area (Å²) in [6.45, 7) is 0. The van der Waals surface area contributed by atoms with Crippen molar-refractivity contribution >= 4 is 61.1 Å². The average Bonchev–Trinajstić information content (AvgIpc) is 2.79. The number of rotatable bonds is 4. The summed E-state index contributed by atoms with van der Waals surface area (Å²) < 4.78 is 10.8. The molecule has 0 aliphatic heterocycles. The lowest BCUT2D eigenvalue weighted by Gasteiger charge is -2.10. The number of halogens is 2. The molecule has 0 saturated heterocycles. The van der Waals surface area contributed by atoms with Crippen LogP contribution in [0.4, 0.5) is 11.4 Å². The lowest BCUT2D eigenvalue weighted by Crippen LogP contribution is -2.15. The van der Waals surface area contributed by atoms with Gasteiger partial charge in [-0.1, -0.05) is 50.1 Å². The highest BCUT2D eigenvalue weighted by molar-refractivity contribution is 9.10. The molecule has 3 N–H and O–H groups in total. The van der Waals surface area contributed by atoms with Crippen LogP contribution >= 0.6 is 31.9 Å². The molecule has 0 spiro atoms. The zero-order valence-electron chi connectivity index (χ0n) is 17.2. The van der Waals surface area contributed by atoms with Gasteiger partial charge < -0.3 is 20.5 Å². The summed E-state index contributed by atoms with van der Waals surface area (Å²) in [5.74, 6) is -1.20. The first-order valence-corrected chi connectivity index (χ1v) is 10.7. The Morgan fingerprint density at radius 1 is 0.781 bits per heavy atom. The Bertz CT molecular complexity index is 1120. The van der Waals surface area contributed by atoms with Crippen molar-refractivity contribution in [1.82, 2.24) is 0 Å². The first-order valence-electron chi connectivity index (χ1n) is 9.14. The van der Waals surface area contributed by atoms with Crippen LogP contribution in [0.25, 0.3) is 0 Å². The molecule has 9 heteroatoms. The third-order valence-electron chi connectivity index (χ3n) is 4.09. The van der Waals surface area contributed by atoms with Crippen LogP contribution in [0.2, 0.25) is 0 Å². The molecule has 0 aliphatic rings. The van der Waals surface area contributed by atoms with Gasteiger partial charge in [-0.25, -0.2) is 9.59 Å². The molecule has 0 aliphatic carbocycles. The van der Waals surface area contributed by atoms with Gasteiger partial charge in [-0.15, -0.1) is 0 Å². The minimum Gasteiger partial charge on any atom is -0.465 e. The number of nitrogens with one attached hydrogen (secondary N) is 1. The summed E-state index contributed by atoms with van der Waals surface area (Å²) in [6, 6.07) is 18.8. The Balaban J connectivity index is 0.000000258. The normalized spacial score (nSPS) is 9.75. The van der Waals surface area contributed by atoms with E-state index in [1.807, 2.05) is 6.07 Å². The highest BCUT2D eigenvalue weighted by Crippen LogP contribution is 2.23. The first kappa shape index (κ1) is 25.1. The van der Waals surface area contributed by atoms with E-state index in [0.717, 1.165) is 8.95 Å². The van der Waals surface area contributed by atoms with Gasteiger partial charge in [0.15, 0.2) is 0 Å². The van der Waals surface area contributed by atoms with Crippen molar-refractivity contribution in [2.75, 3.05) is 25.3 Å². The number of amides is 1. The molecule has 0 saturated carbocycles. The molecule has 0 fully saturated rings. The third kappa shape index (κ3) is 6.93. The van der Waals surface area contributed by atoms with Gasteiger partial charge in [0.1, 0.15) is 0 Å². The maximum absolute atomic E-state index is 12.1. The summed E-state index contributed by atoms with van der Waals surface area (Å²) in [5, 5.41) is 2.71. The summed E-state index contributed by atoms with van der Waals surface area (Å²) >= 11 is 6.55. The maximum Gasteiger partial charge on any atom is 0.339 e. The lowest BCUT2D eigenvalue weighted by atomic mass is 10.1. The number of anilines is 2. The summed E-state index contributed by atoms with van der Waals surface area (Å²) in [6.07, 6.45) is 0. The zero-order valence-corrected chi connectivity index (χ0v) is 20.4. The number of methoxy groups -OCH3 is 2. The SMILES string of the molecule is COC(=O)c1ccc(Br)cc1N.COC(=O)c1ccc(Br)cc1NC(=O)c1ccccc1. The van der Waals surface area contributed by atoms with Crippen molar-refractivity contribution in [3.63, 3.8) is 0 Å². The van der Waals surface area contributed by atoms with Gasteiger partial charge in [0, 0.05) is 20.2 Å². The highest BCUT2D eigenvalue weighted by atomic mass is 79.9. The molecule has 3 rings (SSSR count). The maximum atomic E-state index is 12.1. The molecule has 0 atom stereocenters. The standard InChI is InChI=1S/C15H12BrNO3.C8H8BrNO2/c1-20-15(19)12-8-7-11(16)9-13(12)17-14(18)10-5-3-2-4-6-10;1-12-8(11)6-3-2-5(9)4-7(6)10/h2-9H,1H3,(H,17,18);2-4H,10H2,1H3. The van der Waals surface area contributed by atoms with E-state index >= 15 is 0 Å². The van der Waals surface area contributed by atoms with E-state index in [4.69, 9.17) is 10.5 Å². The first-order chi connectivity index (χ1) is 15.3. The second-order valence-electron chi connectivity index (χ2n) is 6.22. The van der Waals surface area contributed by atoms with E-state index < -0.39 is 11.9 Å². The van der Waals surface area contributed by atoms with Crippen molar-refractivity contribution in [1.29, 1.82) is 0 Å². The molecule has 0 aromatic heterocycles. The van der Waals surface area contributed by atoms with E-state index in [1.165, 1.54) is 14.2 Å². The Morgan fingerprint density at radius 3 is 1.88 bits per heavy atom.